The van der Waals surface area contributed by atoms with E-state index in [2.05, 4.69) is 12.2 Å². The number of hydrogen-bond acceptors (Lipinski definition) is 3. The van der Waals surface area contributed by atoms with Gasteiger partial charge in [0, 0.05) is 19.7 Å². The quantitative estimate of drug-likeness (QED) is 0.790. The van der Waals surface area contributed by atoms with Gasteiger partial charge >= 0.3 is 0 Å². The maximum absolute atomic E-state index is 11.8. The molecule has 0 saturated heterocycles. The fourth-order valence-corrected chi connectivity index (χ4v) is 2.47. The van der Waals surface area contributed by atoms with Gasteiger partial charge in [-0.1, -0.05) is 26.2 Å². The molecular formula is C12H25ClN2O2. The highest BCUT2D eigenvalue weighted by molar-refractivity contribution is 5.85. The number of ether oxygens (including phenoxy) is 1. The molecular weight excluding hydrogens is 240 g/mol. The molecule has 0 bridgehead atoms. The van der Waals surface area contributed by atoms with E-state index in [1.807, 2.05) is 0 Å². The van der Waals surface area contributed by atoms with Gasteiger partial charge in [-0.2, -0.15) is 0 Å². The number of methoxy groups -OCH3 is 1. The van der Waals surface area contributed by atoms with Crippen LogP contribution >= 0.6 is 12.4 Å². The summed E-state index contributed by atoms with van der Waals surface area (Å²) in [5, 5.41) is 3.08. The van der Waals surface area contributed by atoms with E-state index in [4.69, 9.17) is 10.5 Å². The molecule has 4 nitrogen and oxygen atoms in total. The van der Waals surface area contributed by atoms with Crippen LogP contribution in [0.2, 0.25) is 0 Å². The van der Waals surface area contributed by atoms with Gasteiger partial charge in [-0.25, -0.2) is 0 Å². The molecule has 0 aromatic heterocycles. The molecule has 1 fully saturated rings. The minimum atomic E-state index is -0.501. The lowest BCUT2D eigenvalue weighted by Crippen LogP contribution is -2.48. The first-order valence-corrected chi connectivity index (χ1v) is 6.26. The minimum Gasteiger partial charge on any atom is -0.370 e. The van der Waals surface area contributed by atoms with Crippen molar-refractivity contribution in [1.29, 1.82) is 0 Å². The highest BCUT2D eigenvalue weighted by Gasteiger charge is 2.27. The zero-order valence-electron chi connectivity index (χ0n) is 10.8. The molecule has 0 aromatic rings. The average Bonchev–Trinajstić information content (AvgIpc) is 2.31. The van der Waals surface area contributed by atoms with Crippen molar-refractivity contribution in [3.05, 3.63) is 0 Å². The maximum Gasteiger partial charge on any atom is 0.250 e. The molecule has 102 valence electrons. The molecule has 0 heterocycles. The summed E-state index contributed by atoms with van der Waals surface area (Å²) >= 11 is 0. The van der Waals surface area contributed by atoms with Crippen LogP contribution in [0.1, 0.15) is 39.0 Å². The van der Waals surface area contributed by atoms with E-state index in [1.54, 1.807) is 0 Å². The molecule has 3 atom stereocenters. The molecule has 1 aliphatic carbocycles. The van der Waals surface area contributed by atoms with Gasteiger partial charge in [0.2, 0.25) is 0 Å². The zero-order chi connectivity index (χ0) is 12.0. The van der Waals surface area contributed by atoms with Gasteiger partial charge in [0.25, 0.3) is 5.91 Å². The number of nitrogens with one attached hydrogen (secondary N) is 1. The van der Waals surface area contributed by atoms with Gasteiger partial charge < -0.3 is 15.8 Å². The highest BCUT2D eigenvalue weighted by Crippen LogP contribution is 2.26. The van der Waals surface area contributed by atoms with E-state index in [0.717, 1.165) is 12.8 Å². The molecule has 0 aromatic carbocycles. The lowest BCUT2D eigenvalue weighted by atomic mass is 9.83. The van der Waals surface area contributed by atoms with Crippen LogP contribution in [0, 0.1) is 5.92 Å². The Labute approximate surface area is 110 Å². The third kappa shape index (κ3) is 4.82. The van der Waals surface area contributed by atoms with Crippen molar-refractivity contribution >= 4 is 18.3 Å². The molecule has 1 rings (SSSR count). The second-order valence-corrected chi connectivity index (χ2v) is 4.53. The Hall–Kier alpha value is -0.320. The first-order chi connectivity index (χ1) is 7.72. The molecule has 5 heteroatoms. The first-order valence-electron chi connectivity index (χ1n) is 6.26. The van der Waals surface area contributed by atoms with Gasteiger partial charge in [-0.05, 0) is 18.8 Å². The number of amides is 1. The fourth-order valence-electron chi connectivity index (χ4n) is 2.47. The molecule has 1 amide bonds. The molecule has 17 heavy (non-hydrogen) atoms. The van der Waals surface area contributed by atoms with Crippen LogP contribution < -0.4 is 11.1 Å². The van der Waals surface area contributed by atoms with Crippen LogP contribution in [-0.4, -0.2) is 31.7 Å². The molecule has 1 aliphatic rings. The van der Waals surface area contributed by atoms with Crippen molar-refractivity contribution in [3.8, 4) is 0 Å². The Morgan fingerprint density at radius 1 is 1.47 bits per heavy atom. The third-order valence-corrected chi connectivity index (χ3v) is 3.55. The topological polar surface area (TPSA) is 64.4 Å². The fraction of sp³-hybridized carbons (Fsp3) is 0.917. The molecule has 3 N–H and O–H groups in total. The number of halogens is 1. The van der Waals surface area contributed by atoms with Crippen LogP contribution in [0.3, 0.4) is 0 Å². The van der Waals surface area contributed by atoms with Gasteiger partial charge in [0.1, 0.15) is 6.10 Å². The Morgan fingerprint density at radius 2 is 2.12 bits per heavy atom. The van der Waals surface area contributed by atoms with Crippen molar-refractivity contribution in [2.45, 2.75) is 51.2 Å². The van der Waals surface area contributed by atoms with Crippen molar-refractivity contribution < 1.29 is 9.53 Å². The lowest BCUT2D eigenvalue weighted by Gasteiger charge is -2.32. The molecule has 1 saturated carbocycles. The van der Waals surface area contributed by atoms with E-state index < -0.39 is 6.10 Å². The number of carbonyl (C=O) groups is 1. The molecule has 0 radical (unpaired) electrons. The first kappa shape index (κ1) is 16.7. The SMILES string of the molecule is CCC1CCCCC1NC(=O)C(CN)OC.Cl. The summed E-state index contributed by atoms with van der Waals surface area (Å²) in [4.78, 5) is 11.8. The Kier molecular flexibility index (Phi) is 8.56. The van der Waals surface area contributed by atoms with Crippen LogP contribution in [0.4, 0.5) is 0 Å². The Bertz CT molecular complexity index is 223. The highest BCUT2D eigenvalue weighted by atomic mass is 35.5. The second-order valence-electron chi connectivity index (χ2n) is 4.53. The normalized spacial score (nSPS) is 25.8. The van der Waals surface area contributed by atoms with Crippen LogP contribution in [0.25, 0.3) is 0 Å². The van der Waals surface area contributed by atoms with E-state index >= 15 is 0 Å². The minimum absolute atomic E-state index is 0. The molecule has 0 aliphatic heterocycles. The van der Waals surface area contributed by atoms with Gasteiger partial charge in [-0.15, -0.1) is 12.4 Å². The predicted molar refractivity (Wildman–Crippen MR) is 71.3 cm³/mol. The monoisotopic (exact) mass is 264 g/mol. The third-order valence-electron chi connectivity index (χ3n) is 3.55. The van der Waals surface area contributed by atoms with E-state index in [9.17, 15) is 4.79 Å². The number of nitrogens with two attached hydrogens (primary N) is 1. The summed E-state index contributed by atoms with van der Waals surface area (Å²) in [6.45, 7) is 2.43. The summed E-state index contributed by atoms with van der Waals surface area (Å²) in [6.07, 6.45) is 5.44. The molecule has 3 unspecified atom stereocenters. The number of rotatable bonds is 5. The van der Waals surface area contributed by atoms with E-state index in [0.29, 0.717) is 12.0 Å². The van der Waals surface area contributed by atoms with E-state index in [-0.39, 0.29) is 24.9 Å². The maximum atomic E-state index is 11.8. The summed E-state index contributed by atoms with van der Waals surface area (Å²) < 4.78 is 5.03. The summed E-state index contributed by atoms with van der Waals surface area (Å²) in [6, 6.07) is 0.315. The Morgan fingerprint density at radius 3 is 2.65 bits per heavy atom. The van der Waals surface area contributed by atoms with Crippen molar-refractivity contribution in [2.24, 2.45) is 11.7 Å². The Balaban J connectivity index is 0.00000256. The van der Waals surface area contributed by atoms with Crippen LogP contribution in [0.15, 0.2) is 0 Å². The molecule has 0 spiro atoms. The van der Waals surface area contributed by atoms with Gasteiger partial charge in [0.05, 0.1) is 0 Å². The van der Waals surface area contributed by atoms with Gasteiger partial charge in [0.15, 0.2) is 0 Å². The van der Waals surface area contributed by atoms with Crippen molar-refractivity contribution in [2.75, 3.05) is 13.7 Å². The second kappa shape index (κ2) is 8.72. The van der Waals surface area contributed by atoms with E-state index in [1.165, 1.54) is 26.4 Å². The zero-order valence-corrected chi connectivity index (χ0v) is 11.6. The van der Waals surface area contributed by atoms with Crippen LogP contribution in [-0.2, 0) is 9.53 Å². The number of carbonyl (C=O) groups excluding carboxylic acids is 1. The summed E-state index contributed by atoms with van der Waals surface area (Å²) in [5.41, 5.74) is 5.47. The average molecular weight is 265 g/mol. The van der Waals surface area contributed by atoms with Gasteiger partial charge in [-0.3, -0.25) is 4.79 Å². The number of hydrogen-bond donors (Lipinski definition) is 2. The van der Waals surface area contributed by atoms with Crippen molar-refractivity contribution in [3.63, 3.8) is 0 Å². The summed E-state index contributed by atoms with van der Waals surface area (Å²) in [7, 11) is 1.52. The van der Waals surface area contributed by atoms with Crippen molar-refractivity contribution in [1.82, 2.24) is 5.32 Å². The smallest absolute Gasteiger partial charge is 0.250 e. The largest absolute Gasteiger partial charge is 0.370 e. The standard InChI is InChI=1S/C12H24N2O2.ClH/c1-3-9-6-4-5-7-10(9)14-12(15)11(8-13)16-2;/h9-11H,3-8,13H2,1-2H3,(H,14,15);1H. The predicted octanol–water partition coefficient (Wildman–Crippen LogP) is 1.47. The lowest BCUT2D eigenvalue weighted by molar-refractivity contribution is -0.131. The van der Waals surface area contributed by atoms with Crippen LogP contribution in [0.5, 0.6) is 0 Å². The summed E-state index contributed by atoms with van der Waals surface area (Å²) in [5.74, 6) is 0.559.